The van der Waals surface area contributed by atoms with Crippen LogP contribution in [-0.2, 0) is 0 Å². The SMILES string of the molecule is CCNc1nc2c(C)c[nH]c(=O)c2c2cc(Br)ccc12. The molecule has 0 saturated carbocycles. The van der Waals surface area contributed by atoms with Gasteiger partial charge < -0.3 is 10.3 Å². The monoisotopic (exact) mass is 331 g/mol. The number of aromatic nitrogens is 2. The average molecular weight is 332 g/mol. The molecule has 0 amide bonds. The van der Waals surface area contributed by atoms with Gasteiger partial charge >= 0.3 is 0 Å². The number of rotatable bonds is 2. The minimum Gasteiger partial charge on any atom is -0.370 e. The maximum Gasteiger partial charge on any atom is 0.258 e. The van der Waals surface area contributed by atoms with Crippen LogP contribution in [-0.4, -0.2) is 16.5 Å². The molecule has 2 heterocycles. The van der Waals surface area contributed by atoms with E-state index in [1.54, 1.807) is 6.20 Å². The van der Waals surface area contributed by atoms with Crippen LogP contribution in [0.25, 0.3) is 21.7 Å². The van der Waals surface area contributed by atoms with Crippen molar-refractivity contribution in [3.63, 3.8) is 0 Å². The fourth-order valence-corrected chi connectivity index (χ4v) is 2.78. The molecule has 0 fully saturated rings. The van der Waals surface area contributed by atoms with Gasteiger partial charge in [0, 0.05) is 28.0 Å². The van der Waals surface area contributed by atoms with E-state index in [0.29, 0.717) is 5.39 Å². The third-order valence-electron chi connectivity index (χ3n) is 3.33. The molecule has 2 aromatic heterocycles. The van der Waals surface area contributed by atoms with Crippen LogP contribution in [0.4, 0.5) is 5.82 Å². The quantitative estimate of drug-likeness (QED) is 0.705. The Morgan fingerprint density at radius 3 is 2.90 bits per heavy atom. The highest BCUT2D eigenvalue weighted by molar-refractivity contribution is 9.10. The van der Waals surface area contributed by atoms with Crippen LogP contribution in [0.1, 0.15) is 12.5 Å². The number of hydrogen-bond donors (Lipinski definition) is 2. The van der Waals surface area contributed by atoms with Crippen molar-refractivity contribution in [1.82, 2.24) is 9.97 Å². The molecule has 20 heavy (non-hydrogen) atoms. The van der Waals surface area contributed by atoms with E-state index >= 15 is 0 Å². The second-order valence-corrected chi connectivity index (χ2v) is 5.62. The minimum atomic E-state index is -0.107. The van der Waals surface area contributed by atoms with E-state index in [-0.39, 0.29) is 5.56 Å². The van der Waals surface area contributed by atoms with Gasteiger partial charge in [-0.3, -0.25) is 4.79 Å². The molecule has 0 atom stereocenters. The highest BCUT2D eigenvalue weighted by atomic mass is 79.9. The van der Waals surface area contributed by atoms with E-state index in [4.69, 9.17) is 0 Å². The standard InChI is InChI=1S/C15H14BrN3O/c1-3-17-14-10-5-4-9(16)6-11(10)12-13(19-14)8(2)7-18-15(12)20/h4-7H,3H2,1-2H3,(H,17,19)(H,18,20). The number of pyridine rings is 2. The molecule has 3 aromatic rings. The Bertz CT molecular complexity index is 870. The molecule has 0 saturated heterocycles. The number of H-pyrrole nitrogens is 1. The minimum absolute atomic E-state index is 0.107. The summed E-state index contributed by atoms with van der Waals surface area (Å²) in [6.45, 7) is 4.76. The van der Waals surface area contributed by atoms with Crippen LogP contribution in [0.5, 0.6) is 0 Å². The van der Waals surface area contributed by atoms with E-state index in [9.17, 15) is 4.79 Å². The third kappa shape index (κ3) is 1.98. The molecule has 102 valence electrons. The molecule has 0 unspecified atom stereocenters. The maximum atomic E-state index is 12.2. The molecule has 0 aliphatic heterocycles. The van der Waals surface area contributed by atoms with Crippen molar-refractivity contribution in [1.29, 1.82) is 0 Å². The Balaban J connectivity index is 2.59. The molecule has 0 aliphatic rings. The van der Waals surface area contributed by atoms with Crippen LogP contribution >= 0.6 is 15.9 Å². The normalized spacial score (nSPS) is 11.2. The molecular formula is C15H14BrN3O. The second-order valence-electron chi connectivity index (χ2n) is 4.71. The van der Waals surface area contributed by atoms with Crippen LogP contribution in [0, 0.1) is 6.92 Å². The maximum absolute atomic E-state index is 12.2. The van der Waals surface area contributed by atoms with Gasteiger partial charge in [-0.2, -0.15) is 0 Å². The Labute approximate surface area is 124 Å². The zero-order valence-electron chi connectivity index (χ0n) is 11.2. The van der Waals surface area contributed by atoms with Gasteiger partial charge in [-0.15, -0.1) is 0 Å². The van der Waals surface area contributed by atoms with Gasteiger partial charge in [0.2, 0.25) is 0 Å². The zero-order valence-corrected chi connectivity index (χ0v) is 12.8. The Hall–Kier alpha value is -1.88. The first-order chi connectivity index (χ1) is 9.61. The van der Waals surface area contributed by atoms with Crippen molar-refractivity contribution >= 4 is 43.4 Å². The van der Waals surface area contributed by atoms with E-state index in [1.807, 2.05) is 32.0 Å². The lowest BCUT2D eigenvalue weighted by Gasteiger charge is -2.11. The molecule has 5 heteroatoms. The predicted octanol–water partition coefficient (Wildman–Crippen LogP) is 3.58. The van der Waals surface area contributed by atoms with Crippen molar-refractivity contribution < 1.29 is 0 Å². The van der Waals surface area contributed by atoms with Crippen LogP contribution < -0.4 is 10.9 Å². The summed E-state index contributed by atoms with van der Waals surface area (Å²) >= 11 is 3.47. The smallest absolute Gasteiger partial charge is 0.258 e. The van der Waals surface area contributed by atoms with Gasteiger partial charge in [0.25, 0.3) is 5.56 Å². The lowest BCUT2D eigenvalue weighted by atomic mass is 10.1. The largest absolute Gasteiger partial charge is 0.370 e. The number of nitrogens with one attached hydrogen (secondary N) is 2. The number of aryl methyl sites for hydroxylation is 1. The number of anilines is 1. The van der Waals surface area contributed by atoms with Gasteiger partial charge in [-0.1, -0.05) is 15.9 Å². The van der Waals surface area contributed by atoms with Crippen molar-refractivity contribution in [3.05, 3.63) is 44.8 Å². The average Bonchev–Trinajstić information content (AvgIpc) is 2.43. The highest BCUT2D eigenvalue weighted by Gasteiger charge is 2.12. The highest BCUT2D eigenvalue weighted by Crippen LogP contribution is 2.30. The number of aromatic amines is 1. The van der Waals surface area contributed by atoms with Gasteiger partial charge in [0.15, 0.2) is 0 Å². The summed E-state index contributed by atoms with van der Waals surface area (Å²) in [5.74, 6) is 0.816. The molecular weight excluding hydrogens is 318 g/mol. The molecule has 1 aromatic carbocycles. The predicted molar refractivity (Wildman–Crippen MR) is 86.5 cm³/mol. The molecule has 0 radical (unpaired) electrons. The first-order valence-corrected chi connectivity index (χ1v) is 7.26. The fraction of sp³-hybridized carbons (Fsp3) is 0.200. The summed E-state index contributed by atoms with van der Waals surface area (Å²) in [4.78, 5) is 19.6. The molecule has 3 rings (SSSR count). The van der Waals surface area contributed by atoms with Crippen molar-refractivity contribution in [2.45, 2.75) is 13.8 Å². The Morgan fingerprint density at radius 1 is 1.35 bits per heavy atom. The summed E-state index contributed by atoms with van der Waals surface area (Å²) in [6, 6.07) is 5.90. The lowest BCUT2D eigenvalue weighted by Crippen LogP contribution is -2.10. The summed E-state index contributed by atoms with van der Waals surface area (Å²) in [6.07, 6.45) is 1.71. The zero-order chi connectivity index (χ0) is 14.3. The topological polar surface area (TPSA) is 57.8 Å². The first-order valence-electron chi connectivity index (χ1n) is 6.47. The van der Waals surface area contributed by atoms with E-state index in [0.717, 1.165) is 38.7 Å². The lowest BCUT2D eigenvalue weighted by molar-refractivity contribution is 1.17. The molecule has 0 bridgehead atoms. The van der Waals surface area contributed by atoms with Gasteiger partial charge in [0.1, 0.15) is 5.82 Å². The van der Waals surface area contributed by atoms with Crippen LogP contribution in [0.15, 0.2) is 33.7 Å². The van der Waals surface area contributed by atoms with E-state index in [2.05, 4.69) is 31.2 Å². The Morgan fingerprint density at radius 2 is 2.15 bits per heavy atom. The van der Waals surface area contributed by atoms with Crippen molar-refractivity contribution in [3.8, 4) is 0 Å². The number of fused-ring (bicyclic) bond motifs is 3. The molecule has 0 spiro atoms. The number of hydrogen-bond acceptors (Lipinski definition) is 3. The molecule has 0 aliphatic carbocycles. The number of nitrogens with zero attached hydrogens (tertiary/aromatic N) is 1. The number of halogens is 1. The van der Waals surface area contributed by atoms with Gasteiger partial charge in [-0.25, -0.2) is 4.98 Å². The van der Waals surface area contributed by atoms with E-state index < -0.39 is 0 Å². The summed E-state index contributed by atoms with van der Waals surface area (Å²) in [7, 11) is 0. The summed E-state index contributed by atoms with van der Waals surface area (Å²) in [5.41, 5.74) is 1.60. The Kier molecular flexibility index (Phi) is 3.22. The third-order valence-corrected chi connectivity index (χ3v) is 3.82. The van der Waals surface area contributed by atoms with Crippen molar-refractivity contribution in [2.75, 3.05) is 11.9 Å². The van der Waals surface area contributed by atoms with Crippen LogP contribution in [0.2, 0.25) is 0 Å². The molecule has 2 N–H and O–H groups in total. The van der Waals surface area contributed by atoms with E-state index in [1.165, 1.54) is 0 Å². The first kappa shape index (κ1) is 13.1. The number of benzene rings is 1. The summed E-state index contributed by atoms with van der Waals surface area (Å²) < 4.78 is 0.945. The van der Waals surface area contributed by atoms with Crippen molar-refractivity contribution in [2.24, 2.45) is 0 Å². The van der Waals surface area contributed by atoms with Gasteiger partial charge in [-0.05, 0) is 37.6 Å². The second kappa shape index (κ2) is 4.90. The summed E-state index contributed by atoms with van der Waals surface area (Å²) in [5, 5.41) is 5.78. The van der Waals surface area contributed by atoms with Gasteiger partial charge in [0.05, 0.1) is 10.9 Å². The van der Waals surface area contributed by atoms with Crippen LogP contribution in [0.3, 0.4) is 0 Å². The molecule has 4 nitrogen and oxygen atoms in total. The fourth-order valence-electron chi connectivity index (χ4n) is 2.42.